The minimum absolute atomic E-state index is 0.0996. The lowest BCUT2D eigenvalue weighted by Gasteiger charge is -2.33. The number of aromatic nitrogens is 1. The molecule has 0 atom stereocenters. The lowest BCUT2D eigenvalue weighted by atomic mass is 10.2. The summed E-state index contributed by atoms with van der Waals surface area (Å²) < 4.78 is 11.9. The van der Waals surface area contributed by atoms with E-state index in [-0.39, 0.29) is 6.54 Å². The molecule has 0 saturated carbocycles. The van der Waals surface area contributed by atoms with Gasteiger partial charge >= 0.3 is 5.97 Å². The first-order valence-electron chi connectivity index (χ1n) is 10.0. The number of benzene rings is 2. The van der Waals surface area contributed by atoms with Crippen LogP contribution in [0.4, 0.5) is 0 Å². The van der Waals surface area contributed by atoms with Crippen LogP contribution in [0.2, 0.25) is 0 Å². The molecule has 1 fully saturated rings. The van der Waals surface area contributed by atoms with Crippen molar-refractivity contribution in [3.63, 3.8) is 0 Å². The van der Waals surface area contributed by atoms with E-state index in [2.05, 4.69) is 4.90 Å². The van der Waals surface area contributed by atoms with Crippen LogP contribution in [0.15, 0.2) is 59.0 Å². The Balaban J connectivity index is 1.42. The summed E-state index contributed by atoms with van der Waals surface area (Å²) in [5, 5.41) is 8.93. The highest BCUT2D eigenvalue weighted by molar-refractivity contribution is 5.69. The van der Waals surface area contributed by atoms with Gasteiger partial charge in [0.1, 0.15) is 17.3 Å². The van der Waals surface area contributed by atoms with Crippen molar-refractivity contribution < 1.29 is 19.1 Å². The number of piperazine rings is 1. The van der Waals surface area contributed by atoms with Crippen LogP contribution in [-0.2, 0) is 11.3 Å². The molecule has 0 radical (unpaired) electrons. The summed E-state index contributed by atoms with van der Waals surface area (Å²) in [6.07, 6.45) is 0. The Labute approximate surface area is 175 Å². The first-order valence-corrected chi connectivity index (χ1v) is 10.0. The second-order valence-electron chi connectivity index (χ2n) is 7.41. The Bertz CT molecular complexity index is 995. The third kappa shape index (κ3) is 5.06. The van der Waals surface area contributed by atoms with Gasteiger partial charge in [-0.05, 0) is 37.3 Å². The second kappa shape index (κ2) is 9.11. The molecule has 1 N–H and O–H groups in total. The van der Waals surface area contributed by atoms with Crippen LogP contribution in [0, 0.1) is 6.92 Å². The van der Waals surface area contributed by atoms with Gasteiger partial charge in [-0.3, -0.25) is 14.6 Å². The number of oxazole rings is 1. The summed E-state index contributed by atoms with van der Waals surface area (Å²) in [7, 11) is 0. The van der Waals surface area contributed by atoms with E-state index in [0.29, 0.717) is 12.4 Å². The number of aliphatic carboxylic acids is 1. The van der Waals surface area contributed by atoms with Crippen molar-refractivity contribution in [2.45, 2.75) is 13.5 Å². The van der Waals surface area contributed by atoms with Crippen LogP contribution in [0.5, 0.6) is 11.5 Å². The Morgan fingerprint density at radius 2 is 1.73 bits per heavy atom. The number of carboxylic acid groups (broad SMARTS) is 1. The average Bonchev–Trinajstić information content (AvgIpc) is 3.10. The topological polar surface area (TPSA) is 79.0 Å². The molecule has 1 aromatic heterocycles. The molecule has 0 amide bonds. The van der Waals surface area contributed by atoms with Gasteiger partial charge in [-0.25, -0.2) is 4.98 Å². The fourth-order valence-electron chi connectivity index (χ4n) is 3.52. The minimum atomic E-state index is -0.779. The summed E-state index contributed by atoms with van der Waals surface area (Å²) in [5.74, 6) is 2.10. The third-order valence-electron chi connectivity index (χ3n) is 5.15. The highest BCUT2D eigenvalue weighted by atomic mass is 16.5. The molecule has 1 aliphatic rings. The van der Waals surface area contributed by atoms with E-state index >= 15 is 0 Å². The standard InChI is InChI=1S/C23H25N3O4/c1-17-21(15-25-10-12-26(13-11-25)16-22(27)28)24-23(29-17)18-6-5-9-20(14-18)30-19-7-3-2-4-8-19/h2-9,14H,10-13,15-16H2,1H3,(H,27,28). The van der Waals surface area contributed by atoms with Crippen molar-refractivity contribution in [2.24, 2.45) is 0 Å². The van der Waals surface area contributed by atoms with Gasteiger partial charge in [0.05, 0.1) is 12.2 Å². The maximum atomic E-state index is 10.9. The highest BCUT2D eigenvalue weighted by Crippen LogP contribution is 2.28. The molecule has 2 heterocycles. The first kappa shape index (κ1) is 20.1. The number of rotatable bonds is 7. The monoisotopic (exact) mass is 407 g/mol. The van der Waals surface area contributed by atoms with Gasteiger partial charge in [-0.15, -0.1) is 0 Å². The molecule has 3 aromatic rings. The average molecular weight is 407 g/mol. The number of hydrogen-bond donors (Lipinski definition) is 1. The zero-order valence-corrected chi connectivity index (χ0v) is 17.0. The molecule has 7 heteroatoms. The highest BCUT2D eigenvalue weighted by Gasteiger charge is 2.21. The van der Waals surface area contributed by atoms with Crippen molar-refractivity contribution in [2.75, 3.05) is 32.7 Å². The number of carbonyl (C=O) groups is 1. The molecule has 1 aliphatic heterocycles. The number of nitrogens with zero attached hydrogens (tertiary/aromatic N) is 3. The molecule has 2 aromatic carbocycles. The molecule has 4 rings (SSSR count). The van der Waals surface area contributed by atoms with Gasteiger partial charge in [0.25, 0.3) is 0 Å². The summed E-state index contributed by atoms with van der Waals surface area (Å²) in [5.41, 5.74) is 1.77. The van der Waals surface area contributed by atoms with E-state index in [1.54, 1.807) is 0 Å². The van der Waals surface area contributed by atoms with Crippen molar-refractivity contribution in [3.05, 3.63) is 66.1 Å². The maximum absolute atomic E-state index is 10.9. The van der Waals surface area contributed by atoms with Crippen LogP contribution in [0.25, 0.3) is 11.5 Å². The summed E-state index contributed by atoms with van der Waals surface area (Å²) in [6, 6.07) is 17.4. The Morgan fingerprint density at radius 1 is 1.03 bits per heavy atom. The van der Waals surface area contributed by atoms with Crippen LogP contribution in [0.1, 0.15) is 11.5 Å². The number of ether oxygens (including phenoxy) is 1. The summed E-state index contributed by atoms with van der Waals surface area (Å²) in [4.78, 5) is 19.8. The predicted molar refractivity (Wildman–Crippen MR) is 113 cm³/mol. The molecule has 1 saturated heterocycles. The quantitative estimate of drug-likeness (QED) is 0.640. The predicted octanol–water partition coefficient (Wildman–Crippen LogP) is 3.64. The molecule has 156 valence electrons. The molecule has 0 spiro atoms. The maximum Gasteiger partial charge on any atom is 0.317 e. The van der Waals surface area contributed by atoms with Crippen LogP contribution in [0.3, 0.4) is 0 Å². The van der Waals surface area contributed by atoms with Crippen molar-refractivity contribution in [3.8, 4) is 23.0 Å². The number of aryl methyl sites for hydroxylation is 1. The van der Waals surface area contributed by atoms with Gasteiger partial charge in [0.2, 0.25) is 5.89 Å². The molecular weight excluding hydrogens is 382 g/mol. The van der Waals surface area contributed by atoms with Gasteiger partial charge in [-0.2, -0.15) is 0 Å². The van der Waals surface area contributed by atoms with E-state index in [9.17, 15) is 4.79 Å². The zero-order chi connectivity index (χ0) is 20.9. The minimum Gasteiger partial charge on any atom is -0.480 e. The largest absolute Gasteiger partial charge is 0.480 e. The van der Waals surface area contributed by atoms with Crippen LogP contribution >= 0.6 is 0 Å². The van der Waals surface area contributed by atoms with E-state index in [4.69, 9.17) is 19.2 Å². The van der Waals surface area contributed by atoms with E-state index in [1.165, 1.54) is 0 Å². The Hall–Kier alpha value is -3.16. The van der Waals surface area contributed by atoms with Crippen molar-refractivity contribution >= 4 is 5.97 Å². The van der Waals surface area contributed by atoms with E-state index in [0.717, 1.165) is 54.7 Å². The van der Waals surface area contributed by atoms with Crippen LogP contribution in [-0.4, -0.2) is 58.6 Å². The van der Waals surface area contributed by atoms with E-state index < -0.39 is 5.97 Å². The van der Waals surface area contributed by atoms with Crippen LogP contribution < -0.4 is 4.74 Å². The lowest BCUT2D eigenvalue weighted by Crippen LogP contribution is -2.47. The lowest BCUT2D eigenvalue weighted by molar-refractivity contribution is -0.138. The SMILES string of the molecule is Cc1oc(-c2cccc(Oc3ccccc3)c2)nc1CN1CCN(CC(=O)O)CC1. The van der Waals surface area contributed by atoms with E-state index in [1.807, 2.05) is 66.4 Å². The third-order valence-corrected chi connectivity index (χ3v) is 5.15. The van der Waals surface area contributed by atoms with Crippen molar-refractivity contribution in [1.82, 2.24) is 14.8 Å². The second-order valence-corrected chi connectivity index (χ2v) is 7.41. The fourth-order valence-corrected chi connectivity index (χ4v) is 3.52. The molecule has 0 aliphatic carbocycles. The first-order chi connectivity index (χ1) is 14.6. The molecular formula is C23H25N3O4. The molecule has 30 heavy (non-hydrogen) atoms. The van der Waals surface area contributed by atoms with Gasteiger partial charge in [-0.1, -0.05) is 24.3 Å². The number of carboxylic acids is 1. The van der Waals surface area contributed by atoms with Gasteiger partial charge in [0, 0.05) is 38.3 Å². The Kier molecular flexibility index (Phi) is 6.11. The number of hydrogen-bond acceptors (Lipinski definition) is 6. The fraction of sp³-hybridized carbons (Fsp3) is 0.304. The molecule has 7 nitrogen and oxygen atoms in total. The zero-order valence-electron chi connectivity index (χ0n) is 17.0. The molecule has 0 unspecified atom stereocenters. The Morgan fingerprint density at radius 3 is 2.47 bits per heavy atom. The van der Waals surface area contributed by atoms with Gasteiger partial charge < -0.3 is 14.3 Å². The summed E-state index contributed by atoms with van der Waals surface area (Å²) in [6.45, 7) is 5.84. The summed E-state index contributed by atoms with van der Waals surface area (Å²) >= 11 is 0. The number of para-hydroxylation sites is 1. The smallest absolute Gasteiger partial charge is 0.317 e. The van der Waals surface area contributed by atoms with Crippen molar-refractivity contribution in [1.29, 1.82) is 0 Å². The molecule has 0 bridgehead atoms. The van der Waals surface area contributed by atoms with Gasteiger partial charge in [0.15, 0.2) is 0 Å². The normalized spacial score (nSPS) is 15.2.